The van der Waals surface area contributed by atoms with Crippen LogP contribution in [0.1, 0.15) is 16.8 Å². The highest BCUT2D eigenvalue weighted by atomic mass is 35.5. The molecule has 0 saturated heterocycles. The molecule has 0 radical (unpaired) electrons. The highest BCUT2D eigenvalue weighted by molar-refractivity contribution is 7.13. The van der Waals surface area contributed by atoms with E-state index in [1.807, 2.05) is 30.5 Å². The van der Waals surface area contributed by atoms with Gasteiger partial charge in [0, 0.05) is 10.9 Å². The molecule has 0 amide bonds. The van der Waals surface area contributed by atoms with Crippen molar-refractivity contribution in [2.75, 3.05) is 12.5 Å². The molecule has 0 aliphatic heterocycles. The molecule has 9 nitrogen and oxygen atoms in total. The third kappa shape index (κ3) is 4.60. The molecule has 0 bridgehead atoms. The smallest absolute Gasteiger partial charge is 0.408 e. The van der Waals surface area contributed by atoms with Gasteiger partial charge in [0.25, 0.3) is 0 Å². The summed E-state index contributed by atoms with van der Waals surface area (Å²) in [6.45, 7) is 2.20. The molecule has 11 heteroatoms. The van der Waals surface area contributed by atoms with Crippen LogP contribution in [0.2, 0.25) is 5.02 Å². The average Bonchev–Trinajstić information content (AvgIpc) is 3.21. The van der Waals surface area contributed by atoms with E-state index in [9.17, 15) is 10.1 Å². The maximum Gasteiger partial charge on any atom is 0.408 e. The molecular formula is C16H15ClN6O3S. The largest absolute Gasteiger partial charge is 0.496 e. The molecule has 0 atom stereocenters. The summed E-state index contributed by atoms with van der Waals surface area (Å²) in [6, 6.07) is 5.51. The predicted octanol–water partition coefficient (Wildman–Crippen LogP) is 3.71. The zero-order valence-corrected chi connectivity index (χ0v) is 16.0. The first kappa shape index (κ1) is 18.8. The summed E-state index contributed by atoms with van der Waals surface area (Å²) >= 11 is 7.30. The number of aryl methyl sites for hydroxylation is 1. The Hall–Kier alpha value is -2.98. The Bertz CT molecular complexity index is 1000. The second-order valence-corrected chi connectivity index (χ2v) is 6.76. The minimum absolute atomic E-state index is 0.00813. The Balaban J connectivity index is 1.74. The van der Waals surface area contributed by atoms with Crippen LogP contribution in [0.15, 0.2) is 34.9 Å². The third-order valence-electron chi connectivity index (χ3n) is 3.51. The molecule has 140 valence electrons. The number of halogens is 1. The van der Waals surface area contributed by atoms with Crippen LogP contribution in [0.4, 0.5) is 10.9 Å². The average molecular weight is 407 g/mol. The topological polar surface area (TPSA) is 107 Å². The Morgan fingerprint density at radius 3 is 2.96 bits per heavy atom. The molecule has 1 aromatic carbocycles. The number of benzene rings is 1. The summed E-state index contributed by atoms with van der Waals surface area (Å²) in [6.07, 6.45) is 3.06. The van der Waals surface area contributed by atoms with Gasteiger partial charge < -0.3 is 14.9 Å². The maximum atomic E-state index is 10.9. The first-order valence-electron chi connectivity index (χ1n) is 7.71. The number of rotatable bonds is 7. The number of thiazole rings is 1. The molecule has 2 aromatic heterocycles. The van der Waals surface area contributed by atoms with E-state index in [4.69, 9.17) is 16.3 Å². The van der Waals surface area contributed by atoms with Gasteiger partial charge in [-0.05, 0) is 23.5 Å². The number of hydrazone groups is 1. The van der Waals surface area contributed by atoms with Gasteiger partial charge in [0.15, 0.2) is 5.02 Å². The second kappa shape index (κ2) is 8.14. The van der Waals surface area contributed by atoms with Crippen LogP contribution in [0.3, 0.4) is 0 Å². The zero-order chi connectivity index (χ0) is 19.4. The van der Waals surface area contributed by atoms with Crippen molar-refractivity contribution in [3.05, 3.63) is 61.7 Å². The normalized spacial score (nSPS) is 11.1. The SMILES string of the molecule is COc1cc(C=NNc2nc(C)cs2)ccc1Cn1cc(Cl)c([N+](=O)[O-])n1. The van der Waals surface area contributed by atoms with Gasteiger partial charge in [0.2, 0.25) is 5.13 Å². The van der Waals surface area contributed by atoms with E-state index in [2.05, 4.69) is 20.6 Å². The Morgan fingerprint density at radius 1 is 1.52 bits per heavy atom. The van der Waals surface area contributed by atoms with Crippen LogP contribution in [-0.4, -0.2) is 33.0 Å². The summed E-state index contributed by atoms with van der Waals surface area (Å²) in [4.78, 5) is 14.5. The molecule has 0 aliphatic carbocycles. The van der Waals surface area contributed by atoms with E-state index >= 15 is 0 Å². The Kier molecular flexibility index (Phi) is 5.67. The Labute approximate surface area is 163 Å². The molecule has 27 heavy (non-hydrogen) atoms. The van der Waals surface area contributed by atoms with E-state index in [1.54, 1.807) is 13.3 Å². The highest BCUT2D eigenvalue weighted by Gasteiger charge is 2.19. The van der Waals surface area contributed by atoms with Crippen molar-refractivity contribution in [2.45, 2.75) is 13.5 Å². The number of anilines is 1. The van der Waals surface area contributed by atoms with Crippen molar-refractivity contribution in [3.8, 4) is 5.75 Å². The lowest BCUT2D eigenvalue weighted by atomic mass is 10.1. The first-order chi connectivity index (χ1) is 13.0. The van der Waals surface area contributed by atoms with Gasteiger partial charge in [0.1, 0.15) is 5.75 Å². The van der Waals surface area contributed by atoms with Crippen LogP contribution in [0.25, 0.3) is 0 Å². The number of methoxy groups -OCH3 is 1. The summed E-state index contributed by atoms with van der Waals surface area (Å²) in [5.74, 6) is 0.237. The minimum atomic E-state index is -0.618. The van der Waals surface area contributed by atoms with E-state index < -0.39 is 4.92 Å². The van der Waals surface area contributed by atoms with Gasteiger partial charge >= 0.3 is 5.82 Å². The van der Waals surface area contributed by atoms with Crippen LogP contribution in [0, 0.1) is 17.0 Å². The van der Waals surface area contributed by atoms with E-state index in [1.165, 1.54) is 22.2 Å². The number of nitrogens with one attached hydrogen (secondary N) is 1. The number of ether oxygens (including phenoxy) is 1. The number of aromatic nitrogens is 3. The van der Waals surface area contributed by atoms with Gasteiger partial charge in [-0.25, -0.2) is 4.98 Å². The maximum absolute atomic E-state index is 10.9. The zero-order valence-electron chi connectivity index (χ0n) is 14.4. The van der Waals surface area contributed by atoms with Crippen molar-refractivity contribution in [1.82, 2.24) is 14.8 Å². The van der Waals surface area contributed by atoms with Crippen molar-refractivity contribution in [3.63, 3.8) is 0 Å². The van der Waals surface area contributed by atoms with E-state index in [-0.39, 0.29) is 17.4 Å². The van der Waals surface area contributed by atoms with Gasteiger partial charge in [-0.2, -0.15) is 9.78 Å². The fourth-order valence-corrected chi connectivity index (χ4v) is 3.16. The molecular weight excluding hydrogens is 392 g/mol. The standard InChI is InChI=1S/C16H15ClN6O3S/c1-10-9-27-16(19-10)20-18-6-11-3-4-12(14(5-11)26-2)7-22-8-13(17)15(21-22)23(24)25/h3-6,8-9H,7H2,1-2H3,(H,19,20). The van der Waals surface area contributed by atoms with Crippen molar-refractivity contribution in [1.29, 1.82) is 0 Å². The van der Waals surface area contributed by atoms with Crippen molar-refractivity contribution < 1.29 is 9.66 Å². The van der Waals surface area contributed by atoms with Gasteiger partial charge in [-0.1, -0.05) is 23.7 Å². The van der Waals surface area contributed by atoms with Crippen LogP contribution in [0.5, 0.6) is 5.75 Å². The number of nitro groups is 1. The Morgan fingerprint density at radius 2 is 2.33 bits per heavy atom. The molecule has 3 rings (SSSR count). The lowest BCUT2D eigenvalue weighted by molar-refractivity contribution is -0.389. The molecule has 3 aromatic rings. The van der Waals surface area contributed by atoms with Gasteiger partial charge in [0.05, 0.1) is 36.9 Å². The highest BCUT2D eigenvalue weighted by Crippen LogP contribution is 2.25. The molecule has 0 unspecified atom stereocenters. The third-order valence-corrected chi connectivity index (χ3v) is 4.64. The molecule has 0 aliphatic rings. The monoisotopic (exact) mass is 406 g/mol. The molecule has 0 fully saturated rings. The molecule has 0 saturated carbocycles. The summed E-state index contributed by atoms with van der Waals surface area (Å²) in [7, 11) is 1.55. The molecule has 2 heterocycles. The van der Waals surface area contributed by atoms with E-state index in [0.717, 1.165) is 16.8 Å². The van der Waals surface area contributed by atoms with Gasteiger partial charge in [-0.15, -0.1) is 11.3 Å². The van der Waals surface area contributed by atoms with Gasteiger partial charge in [-0.3, -0.25) is 5.43 Å². The first-order valence-corrected chi connectivity index (χ1v) is 8.97. The summed E-state index contributed by atoms with van der Waals surface area (Å²) in [5.41, 5.74) is 5.42. The molecule has 1 N–H and O–H groups in total. The lowest BCUT2D eigenvalue weighted by Crippen LogP contribution is -2.04. The second-order valence-electron chi connectivity index (χ2n) is 5.49. The van der Waals surface area contributed by atoms with Crippen LogP contribution >= 0.6 is 22.9 Å². The lowest BCUT2D eigenvalue weighted by Gasteiger charge is -2.08. The summed E-state index contributed by atoms with van der Waals surface area (Å²) in [5, 5.41) is 21.5. The number of hydrogen-bond donors (Lipinski definition) is 1. The van der Waals surface area contributed by atoms with E-state index in [0.29, 0.717) is 10.9 Å². The minimum Gasteiger partial charge on any atom is -0.496 e. The number of hydrogen-bond acceptors (Lipinski definition) is 8. The van der Waals surface area contributed by atoms with Crippen LogP contribution in [-0.2, 0) is 6.54 Å². The predicted molar refractivity (Wildman–Crippen MR) is 104 cm³/mol. The van der Waals surface area contributed by atoms with Crippen molar-refractivity contribution in [2.24, 2.45) is 5.10 Å². The fraction of sp³-hybridized carbons (Fsp3) is 0.188. The quantitative estimate of drug-likeness (QED) is 0.364. The number of nitrogens with zero attached hydrogens (tertiary/aromatic N) is 5. The molecule has 0 spiro atoms. The van der Waals surface area contributed by atoms with Crippen molar-refractivity contribution >= 4 is 40.1 Å². The summed E-state index contributed by atoms with van der Waals surface area (Å²) < 4.78 is 6.81. The fourth-order valence-electron chi connectivity index (χ4n) is 2.31. The van der Waals surface area contributed by atoms with Crippen LogP contribution < -0.4 is 10.2 Å².